The Morgan fingerprint density at radius 1 is 1.45 bits per heavy atom. The fourth-order valence-corrected chi connectivity index (χ4v) is 3.54. The van der Waals surface area contributed by atoms with Crippen molar-refractivity contribution in [3.05, 3.63) is 0 Å². The highest BCUT2D eigenvalue weighted by molar-refractivity contribution is 8.01. The second-order valence-electron chi connectivity index (χ2n) is 4.72. The van der Waals surface area contributed by atoms with Gasteiger partial charge in [0.15, 0.2) is 4.34 Å². The standard InChI is InChI=1S/C12H19N5O3S2/c1-2-20-12(19)17-5-3-8(4-6-17)14-9(18)7-21-11-16-15-10(13)22-11/h8H,2-7H2,1H3,(H2,13,15)(H,14,18). The summed E-state index contributed by atoms with van der Waals surface area (Å²) in [6.07, 6.45) is 1.19. The minimum absolute atomic E-state index is 0.0478. The first-order valence-electron chi connectivity index (χ1n) is 7.01. The van der Waals surface area contributed by atoms with E-state index in [4.69, 9.17) is 10.5 Å². The molecule has 1 aliphatic heterocycles. The molecule has 1 aromatic heterocycles. The molecular weight excluding hydrogens is 326 g/mol. The molecule has 2 rings (SSSR count). The van der Waals surface area contributed by atoms with Crippen LogP contribution in [0.5, 0.6) is 0 Å². The van der Waals surface area contributed by atoms with E-state index >= 15 is 0 Å². The van der Waals surface area contributed by atoms with Gasteiger partial charge in [0.1, 0.15) is 0 Å². The van der Waals surface area contributed by atoms with E-state index in [-0.39, 0.29) is 23.8 Å². The molecule has 1 aromatic rings. The lowest BCUT2D eigenvalue weighted by molar-refractivity contribution is -0.119. The fourth-order valence-electron chi connectivity index (χ4n) is 2.10. The molecule has 122 valence electrons. The molecule has 0 spiro atoms. The molecule has 1 saturated heterocycles. The van der Waals surface area contributed by atoms with Gasteiger partial charge in [-0.3, -0.25) is 4.79 Å². The van der Waals surface area contributed by atoms with Crippen molar-refractivity contribution in [2.24, 2.45) is 0 Å². The minimum Gasteiger partial charge on any atom is -0.450 e. The molecule has 0 bridgehead atoms. The van der Waals surface area contributed by atoms with Gasteiger partial charge in [0.05, 0.1) is 12.4 Å². The maximum atomic E-state index is 11.9. The summed E-state index contributed by atoms with van der Waals surface area (Å²) in [5.41, 5.74) is 5.48. The SMILES string of the molecule is CCOC(=O)N1CCC(NC(=O)CSc2nnc(N)s2)CC1. The molecule has 3 N–H and O–H groups in total. The van der Waals surface area contributed by atoms with Gasteiger partial charge < -0.3 is 20.7 Å². The number of likely N-dealkylation sites (tertiary alicyclic amines) is 1. The average molecular weight is 345 g/mol. The third kappa shape index (κ3) is 5.02. The molecule has 10 heteroatoms. The van der Waals surface area contributed by atoms with Crippen LogP contribution in [0.4, 0.5) is 9.93 Å². The summed E-state index contributed by atoms with van der Waals surface area (Å²) in [4.78, 5) is 25.1. The molecule has 1 fully saturated rings. The lowest BCUT2D eigenvalue weighted by Crippen LogP contribution is -2.47. The van der Waals surface area contributed by atoms with Crippen molar-refractivity contribution >= 4 is 40.2 Å². The Morgan fingerprint density at radius 2 is 2.18 bits per heavy atom. The van der Waals surface area contributed by atoms with Gasteiger partial charge in [0.25, 0.3) is 0 Å². The number of ether oxygens (including phenoxy) is 1. The Hall–Kier alpha value is -1.55. The van der Waals surface area contributed by atoms with Crippen LogP contribution < -0.4 is 11.1 Å². The normalized spacial score (nSPS) is 15.6. The van der Waals surface area contributed by atoms with Crippen LogP contribution in [0.2, 0.25) is 0 Å². The summed E-state index contributed by atoms with van der Waals surface area (Å²) in [6.45, 7) is 3.37. The van der Waals surface area contributed by atoms with Crippen LogP contribution in [0.15, 0.2) is 4.34 Å². The summed E-state index contributed by atoms with van der Waals surface area (Å²) in [5, 5.41) is 10.9. The predicted molar refractivity (Wildman–Crippen MR) is 84.8 cm³/mol. The van der Waals surface area contributed by atoms with E-state index in [1.165, 1.54) is 23.1 Å². The maximum Gasteiger partial charge on any atom is 0.409 e. The van der Waals surface area contributed by atoms with Crippen LogP contribution >= 0.6 is 23.1 Å². The van der Waals surface area contributed by atoms with Crippen molar-refractivity contribution in [3.63, 3.8) is 0 Å². The molecule has 22 heavy (non-hydrogen) atoms. The molecule has 0 radical (unpaired) electrons. The van der Waals surface area contributed by atoms with E-state index in [2.05, 4.69) is 15.5 Å². The zero-order valence-electron chi connectivity index (χ0n) is 12.3. The van der Waals surface area contributed by atoms with E-state index in [0.29, 0.717) is 29.2 Å². The minimum atomic E-state index is -0.281. The summed E-state index contributed by atoms with van der Waals surface area (Å²) in [6, 6.07) is 0.0956. The Balaban J connectivity index is 1.67. The lowest BCUT2D eigenvalue weighted by Gasteiger charge is -2.31. The van der Waals surface area contributed by atoms with Crippen LogP contribution in [0.1, 0.15) is 19.8 Å². The van der Waals surface area contributed by atoms with E-state index < -0.39 is 0 Å². The molecule has 2 heterocycles. The highest BCUT2D eigenvalue weighted by Gasteiger charge is 2.24. The number of nitrogens with two attached hydrogens (primary N) is 1. The van der Waals surface area contributed by atoms with E-state index in [0.717, 1.165) is 12.8 Å². The van der Waals surface area contributed by atoms with Crippen molar-refractivity contribution in [3.8, 4) is 0 Å². The largest absolute Gasteiger partial charge is 0.450 e. The quantitative estimate of drug-likeness (QED) is 0.764. The van der Waals surface area contributed by atoms with Gasteiger partial charge in [0.2, 0.25) is 11.0 Å². The van der Waals surface area contributed by atoms with Crippen LogP contribution in [0, 0.1) is 0 Å². The number of anilines is 1. The first-order chi connectivity index (χ1) is 10.6. The Labute approximate surface area is 136 Å². The first-order valence-corrected chi connectivity index (χ1v) is 8.81. The summed E-state index contributed by atoms with van der Waals surface area (Å²) in [7, 11) is 0. The smallest absolute Gasteiger partial charge is 0.409 e. The number of thioether (sulfide) groups is 1. The second-order valence-corrected chi connectivity index (χ2v) is 6.95. The van der Waals surface area contributed by atoms with Gasteiger partial charge in [-0.2, -0.15) is 0 Å². The number of nitrogens with zero attached hydrogens (tertiary/aromatic N) is 3. The molecule has 1 aliphatic rings. The zero-order chi connectivity index (χ0) is 15.9. The van der Waals surface area contributed by atoms with Crippen LogP contribution in [-0.2, 0) is 9.53 Å². The summed E-state index contributed by atoms with van der Waals surface area (Å²) >= 11 is 2.58. The molecule has 0 aromatic carbocycles. The highest BCUT2D eigenvalue weighted by atomic mass is 32.2. The number of amides is 2. The van der Waals surface area contributed by atoms with Gasteiger partial charge in [-0.1, -0.05) is 23.1 Å². The van der Waals surface area contributed by atoms with Crippen LogP contribution in [-0.4, -0.2) is 58.6 Å². The monoisotopic (exact) mass is 345 g/mol. The van der Waals surface area contributed by atoms with Gasteiger partial charge in [0, 0.05) is 19.1 Å². The van der Waals surface area contributed by atoms with E-state index in [1.54, 1.807) is 11.8 Å². The van der Waals surface area contributed by atoms with Crippen molar-refractivity contribution in [2.75, 3.05) is 31.2 Å². The average Bonchev–Trinajstić information content (AvgIpc) is 2.92. The highest BCUT2D eigenvalue weighted by Crippen LogP contribution is 2.23. The number of rotatable bonds is 5. The molecule has 2 amide bonds. The molecule has 8 nitrogen and oxygen atoms in total. The number of hydrogen-bond donors (Lipinski definition) is 2. The van der Waals surface area contributed by atoms with Gasteiger partial charge in [-0.15, -0.1) is 10.2 Å². The maximum absolute atomic E-state index is 11.9. The number of aromatic nitrogens is 2. The predicted octanol–water partition coefficient (Wildman–Crippen LogP) is 0.949. The van der Waals surface area contributed by atoms with Gasteiger partial charge >= 0.3 is 6.09 Å². The molecule has 0 saturated carbocycles. The second kappa shape index (κ2) is 8.18. The molecule has 0 aliphatic carbocycles. The fraction of sp³-hybridized carbons (Fsp3) is 0.667. The number of piperidine rings is 1. The van der Waals surface area contributed by atoms with Crippen molar-refractivity contribution in [2.45, 2.75) is 30.1 Å². The van der Waals surface area contributed by atoms with Crippen LogP contribution in [0.3, 0.4) is 0 Å². The molecular formula is C12H19N5O3S2. The third-order valence-electron chi connectivity index (χ3n) is 3.13. The van der Waals surface area contributed by atoms with Crippen molar-refractivity contribution < 1.29 is 14.3 Å². The molecule has 0 unspecified atom stereocenters. The number of nitrogen functional groups attached to an aromatic ring is 1. The first kappa shape index (κ1) is 16.8. The van der Waals surface area contributed by atoms with Crippen molar-refractivity contribution in [1.82, 2.24) is 20.4 Å². The van der Waals surface area contributed by atoms with Crippen molar-refractivity contribution in [1.29, 1.82) is 0 Å². The zero-order valence-corrected chi connectivity index (χ0v) is 13.9. The van der Waals surface area contributed by atoms with Gasteiger partial charge in [-0.05, 0) is 19.8 Å². The van der Waals surface area contributed by atoms with Gasteiger partial charge in [-0.25, -0.2) is 4.79 Å². The summed E-state index contributed by atoms with van der Waals surface area (Å²) in [5.74, 6) is 0.237. The van der Waals surface area contributed by atoms with E-state index in [9.17, 15) is 9.59 Å². The Bertz CT molecular complexity index is 517. The van der Waals surface area contributed by atoms with E-state index in [1.807, 2.05) is 0 Å². The third-order valence-corrected chi connectivity index (χ3v) is 5.02. The number of nitrogens with one attached hydrogen (secondary N) is 1. The Kier molecular flexibility index (Phi) is 6.25. The molecule has 0 atom stereocenters. The number of carbonyl (C=O) groups excluding carboxylic acids is 2. The lowest BCUT2D eigenvalue weighted by atomic mass is 10.1. The topological polar surface area (TPSA) is 110 Å². The number of hydrogen-bond acceptors (Lipinski definition) is 8. The summed E-state index contributed by atoms with van der Waals surface area (Å²) < 4.78 is 5.65. The Morgan fingerprint density at radius 3 is 2.77 bits per heavy atom. The van der Waals surface area contributed by atoms with Crippen LogP contribution in [0.25, 0.3) is 0 Å². The number of carbonyl (C=O) groups is 2.